The van der Waals surface area contributed by atoms with Crippen LogP contribution >= 0.6 is 0 Å². The molecule has 0 aromatic rings. The first-order valence-electron chi connectivity index (χ1n) is 1.77. The summed E-state index contributed by atoms with van der Waals surface area (Å²) >= 11 is 0. The molecule has 41 valence electrons. The second-order valence-electron chi connectivity index (χ2n) is 0.902. The zero-order valence-electron chi connectivity index (χ0n) is 3.68. The van der Waals surface area contributed by atoms with E-state index in [0.29, 0.717) is 0 Å². The van der Waals surface area contributed by atoms with Crippen molar-refractivity contribution in [3.8, 4) is 0 Å². The predicted molar refractivity (Wildman–Crippen MR) is 20.8 cm³/mol. The van der Waals surface area contributed by atoms with Crippen molar-refractivity contribution in [3.05, 3.63) is 0 Å². The van der Waals surface area contributed by atoms with Crippen LogP contribution in [0.4, 0.5) is 0 Å². The number of aliphatic hydroxyl groups is 1. The highest BCUT2D eigenvalue weighted by molar-refractivity contribution is 5.76. The number of hydrogen-bond acceptors (Lipinski definition) is 2. The van der Waals surface area contributed by atoms with Gasteiger partial charge < -0.3 is 10.4 Å². The van der Waals surface area contributed by atoms with Gasteiger partial charge >= 0.3 is 0 Å². The Hall–Kier alpha value is -0.610. The maximum absolute atomic E-state index is 9.83. The van der Waals surface area contributed by atoms with Crippen molar-refractivity contribution < 1.29 is 15.0 Å². The van der Waals surface area contributed by atoms with Gasteiger partial charge in [-0.1, -0.05) is 0 Å². The smallest absolute Gasteiger partial charge is 0.251 e. The topological polar surface area (TPSA) is 69.2 Å². The van der Waals surface area contributed by atoms with E-state index in [4.69, 9.17) is 5.11 Å². The number of carbonyl (C=O) groups is 1. The Balaban J connectivity index is 3.00. The number of amides is 1. The summed E-state index contributed by atoms with van der Waals surface area (Å²) < 4.78 is 0. The normalized spacial score (nSPS) is 8.29. The molecule has 0 aromatic carbocycles. The lowest BCUT2D eigenvalue weighted by Gasteiger charge is -1.91. The Morgan fingerprint density at radius 2 is 2.29 bits per heavy atom. The van der Waals surface area contributed by atoms with E-state index < -0.39 is 19.2 Å². The molecule has 1 radical (unpaired) electrons. The molecule has 0 saturated heterocycles. The Morgan fingerprint density at radius 3 is 2.43 bits per heavy atom. The minimum atomic E-state index is -0.819. The molecule has 7 heavy (non-hydrogen) atoms. The van der Waals surface area contributed by atoms with Gasteiger partial charge in [0.15, 0.2) is 6.61 Å². The molecule has 0 aliphatic heterocycles. The van der Waals surface area contributed by atoms with E-state index in [0.717, 1.165) is 0 Å². The highest BCUT2D eigenvalue weighted by atomic mass is 16.3. The molecule has 0 saturated carbocycles. The van der Waals surface area contributed by atoms with Crippen molar-refractivity contribution in [2.75, 3.05) is 13.3 Å². The van der Waals surface area contributed by atoms with Crippen LogP contribution in [-0.2, 0) is 9.90 Å². The van der Waals surface area contributed by atoms with Gasteiger partial charge in [0.05, 0.1) is 0 Å². The lowest BCUT2D eigenvalue weighted by Crippen LogP contribution is -2.26. The van der Waals surface area contributed by atoms with Crippen LogP contribution in [0.15, 0.2) is 0 Å². The molecule has 4 heteroatoms. The lowest BCUT2D eigenvalue weighted by molar-refractivity contribution is -0.126. The molecule has 0 aliphatic rings. The summed E-state index contributed by atoms with van der Waals surface area (Å²) in [6, 6.07) is 0. The first kappa shape index (κ1) is 6.39. The molecule has 4 nitrogen and oxygen atoms in total. The zero-order chi connectivity index (χ0) is 5.70. The van der Waals surface area contributed by atoms with Gasteiger partial charge in [0, 0.05) is 0 Å². The first-order valence-corrected chi connectivity index (χ1v) is 1.77. The van der Waals surface area contributed by atoms with Crippen molar-refractivity contribution in [2.45, 2.75) is 0 Å². The summed E-state index contributed by atoms with van der Waals surface area (Å²) in [5.41, 5.74) is 0. The second-order valence-corrected chi connectivity index (χ2v) is 0.902. The highest BCUT2D eigenvalue weighted by Gasteiger charge is 1.92. The molecule has 0 fully saturated rings. The first-order chi connectivity index (χ1) is 3.31. The summed E-state index contributed by atoms with van der Waals surface area (Å²) in [7, 11) is 0. The Bertz CT molecular complexity index is 63.2. The average molecular weight is 104 g/mol. The zero-order valence-corrected chi connectivity index (χ0v) is 3.68. The fourth-order valence-electron chi connectivity index (χ4n) is 0.139. The molecular formula is C3H6NO3. The van der Waals surface area contributed by atoms with E-state index >= 15 is 0 Å². The van der Waals surface area contributed by atoms with Crippen LogP contribution in [0.5, 0.6) is 0 Å². The molecule has 0 aromatic heterocycles. The largest absolute Gasteiger partial charge is 0.376 e. The van der Waals surface area contributed by atoms with E-state index in [2.05, 4.69) is 0 Å². The van der Waals surface area contributed by atoms with Crippen LogP contribution in [0, 0.1) is 0 Å². The summed E-state index contributed by atoms with van der Waals surface area (Å²) in [5.74, 6) is -0.678. The maximum atomic E-state index is 9.83. The van der Waals surface area contributed by atoms with Crippen molar-refractivity contribution in [3.63, 3.8) is 0 Å². The van der Waals surface area contributed by atoms with Crippen LogP contribution in [0.2, 0.25) is 0 Å². The molecule has 0 bridgehead atoms. The summed E-state index contributed by atoms with van der Waals surface area (Å²) in [6.07, 6.45) is 0. The number of carbonyl (C=O) groups excluding carboxylic acids is 1. The third-order valence-corrected chi connectivity index (χ3v) is 0.407. The van der Waals surface area contributed by atoms with Crippen molar-refractivity contribution >= 4 is 5.91 Å². The molecule has 0 heterocycles. The Labute approximate surface area is 40.8 Å². The van der Waals surface area contributed by atoms with E-state index in [1.807, 2.05) is 5.32 Å². The van der Waals surface area contributed by atoms with E-state index in [1.165, 1.54) is 0 Å². The number of aliphatic hydroxyl groups excluding tert-OH is 1. The van der Waals surface area contributed by atoms with Gasteiger partial charge in [-0.05, 0) is 0 Å². The molecule has 0 aliphatic carbocycles. The molecule has 1 amide bonds. The summed E-state index contributed by atoms with van der Waals surface area (Å²) in [5, 5.41) is 19.3. The molecular weight excluding hydrogens is 98.0 g/mol. The van der Waals surface area contributed by atoms with Crippen LogP contribution in [-0.4, -0.2) is 24.4 Å². The highest BCUT2D eigenvalue weighted by Crippen LogP contribution is 1.56. The van der Waals surface area contributed by atoms with Crippen LogP contribution < -0.4 is 5.32 Å². The van der Waals surface area contributed by atoms with Crippen LogP contribution in [0.1, 0.15) is 0 Å². The summed E-state index contributed by atoms with van der Waals surface area (Å²) in [6.45, 7) is -1.28. The molecule has 0 atom stereocenters. The van der Waals surface area contributed by atoms with E-state index in [-0.39, 0.29) is 0 Å². The Morgan fingerprint density at radius 1 is 1.71 bits per heavy atom. The van der Waals surface area contributed by atoms with Gasteiger partial charge in [0.1, 0.15) is 6.73 Å². The average Bonchev–Trinajstić information content (AvgIpc) is 1.68. The monoisotopic (exact) mass is 104 g/mol. The third kappa shape index (κ3) is 3.21. The van der Waals surface area contributed by atoms with Crippen molar-refractivity contribution in [1.82, 2.24) is 5.32 Å². The van der Waals surface area contributed by atoms with Crippen LogP contribution in [0.25, 0.3) is 0 Å². The third-order valence-electron chi connectivity index (χ3n) is 0.407. The SMILES string of the molecule is [O]CC(=O)NCO. The fourth-order valence-corrected chi connectivity index (χ4v) is 0.139. The number of rotatable bonds is 2. The van der Waals surface area contributed by atoms with Crippen molar-refractivity contribution in [2.24, 2.45) is 0 Å². The van der Waals surface area contributed by atoms with E-state index in [1.54, 1.807) is 0 Å². The van der Waals surface area contributed by atoms with Gasteiger partial charge in [-0.2, -0.15) is 0 Å². The van der Waals surface area contributed by atoms with Gasteiger partial charge in [-0.3, -0.25) is 4.79 Å². The number of nitrogens with one attached hydrogen (secondary N) is 1. The molecule has 2 N–H and O–H groups in total. The maximum Gasteiger partial charge on any atom is 0.251 e. The minimum absolute atomic E-state index is 0.457. The minimum Gasteiger partial charge on any atom is -0.376 e. The lowest BCUT2D eigenvalue weighted by atomic mass is 10.7. The summed E-state index contributed by atoms with van der Waals surface area (Å²) in [4.78, 5) is 9.83. The molecule has 0 rings (SSSR count). The Kier molecular flexibility index (Phi) is 3.26. The standard InChI is InChI=1S/C3H6NO3/c5-1-3(7)4-2-6/h6H,1-2H2,(H,4,7). The predicted octanol–water partition coefficient (Wildman–Crippen LogP) is -1.52. The van der Waals surface area contributed by atoms with Crippen molar-refractivity contribution in [1.29, 1.82) is 0 Å². The second kappa shape index (κ2) is 3.58. The van der Waals surface area contributed by atoms with Gasteiger partial charge in [-0.25, -0.2) is 5.11 Å². The van der Waals surface area contributed by atoms with Crippen LogP contribution in [0.3, 0.4) is 0 Å². The van der Waals surface area contributed by atoms with Gasteiger partial charge in [0.2, 0.25) is 0 Å². The van der Waals surface area contributed by atoms with E-state index in [9.17, 15) is 9.90 Å². The molecule has 0 spiro atoms. The fraction of sp³-hybridized carbons (Fsp3) is 0.667. The number of hydrogen-bond donors (Lipinski definition) is 2. The van der Waals surface area contributed by atoms with Gasteiger partial charge in [-0.15, -0.1) is 0 Å². The molecule has 0 unspecified atom stereocenters. The van der Waals surface area contributed by atoms with Gasteiger partial charge in [0.25, 0.3) is 5.91 Å². The quantitative estimate of drug-likeness (QED) is 0.418.